The zero-order valence-corrected chi connectivity index (χ0v) is 16.3. The third-order valence-electron chi connectivity index (χ3n) is 5.92. The second-order valence-corrected chi connectivity index (χ2v) is 7.72. The maximum absolute atomic E-state index is 13.6. The zero-order chi connectivity index (χ0) is 19.8. The van der Waals surface area contributed by atoms with E-state index >= 15 is 0 Å². The summed E-state index contributed by atoms with van der Waals surface area (Å²) >= 11 is 0. The van der Waals surface area contributed by atoms with Crippen LogP contribution in [0.15, 0.2) is 60.7 Å². The summed E-state index contributed by atoms with van der Waals surface area (Å²) < 4.78 is 13.6. The van der Waals surface area contributed by atoms with Crippen LogP contribution in [0.5, 0.6) is 0 Å². The van der Waals surface area contributed by atoms with Crippen LogP contribution in [0.2, 0.25) is 0 Å². The van der Waals surface area contributed by atoms with Crippen LogP contribution >= 0.6 is 0 Å². The number of hydrogen-bond acceptors (Lipinski definition) is 3. The normalized spacial score (nSPS) is 19.2. The van der Waals surface area contributed by atoms with Crippen molar-refractivity contribution >= 4 is 17.1 Å². The van der Waals surface area contributed by atoms with Gasteiger partial charge in [0.25, 0.3) is 0 Å². The topological polar surface area (TPSA) is 55.3 Å². The molecule has 0 aromatic heterocycles. The highest BCUT2D eigenvalue weighted by atomic mass is 19.1. The third kappa shape index (κ3) is 3.31. The first-order chi connectivity index (χ1) is 13.4. The lowest BCUT2D eigenvalue weighted by Gasteiger charge is -2.33. The Labute approximate surface area is 165 Å². The van der Waals surface area contributed by atoms with Crippen molar-refractivity contribution in [1.82, 2.24) is 0 Å². The lowest BCUT2D eigenvalue weighted by molar-refractivity contribution is 0.625. The van der Waals surface area contributed by atoms with Crippen molar-refractivity contribution in [2.75, 3.05) is 16.4 Å². The van der Waals surface area contributed by atoms with E-state index in [-0.39, 0.29) is 17.9 Å². The Morgan fingerprint density at radius 1 is 0.750 bits per heavy atom. The Morgan fingerprint density at radius 2 is 1.36 bits per heavy atom. The molecule has 1 aliphatic heterocycles. The number of nitrogen functional groups attached to an aromatic ring is 2. The van der Waals surface area contributed by atoms with Crippen LogP contribution in [0.4, 0.5) is 21.5 Å². The molecule has 4 heteroatoms. The molecule has 2 unspecified atom stereocenters. The molecular weight excluding hydrogens is 349 g/mol. The quantitative estimate of drug-likeness (QED) is 0.578. The maximum Gasteiger partial charge on any atom is 0.123 e. The fourth-order valence-corrected chi connectivity index (χ4v) is 4.21. The molecule has 28 heavy (non-hydrogen) atoms. The summed E-state index contributed by atoms with van der Waals surface area (Å²) in [6, 6.07) is 19.7. The van der Waals surface area contributed by atoms with E-state index in [4.69, 9.17) is 11.5 Å². The lowest BCUT2D eigenvalue weighted by Crippen LogP contribution is -2.26. The summed E-state index contributed by atoms with van der Waals surface area (Å²) in [6.45, 7) is 4.28. The molecule has 1 saturated heterocycles. The summed E-state index contributed by atoms with van der Waals surface area (Å²) in [5.74, 6) is -0.223. The van der Waals surface area contributed by atoms with Crippen LogP contribution in [0, 0.1) is 19.7 Å². The minimum Gasteiger partial charge on any atom is -0.397 e. The molecule has 4 rings (SSSR count). The summed E-state index contributed by atoms with van der Waals surface area (Å²) in [5.41, 5.74) is 19.2. The van der Waals surface area contributed by atoms with Crippen molar-refractivity contribution in [3.05, 3.63) is 88.7 Å². The minimum atomic E-state index is -0.223. The summed E-state index contributed by atoms with van der Waals surface area (Å²) in [7, 11) is 0. The standard InChI is InChI=1S/C24H26FN3/c1-15-3-4-17(13-16(15)2)23-11-12-24(18-5-10-21(26)22(27)14-18)28(23)20-8-6-19(25)7-9-20/h3-10,13-14,23-24H,11-12,26-27H2,1-2H3. The molecule has 3 aromatic rings. The van der Waals surface area contributed by atoms with Gasteiger partial charge < -0.3 is 16.4 Å². The highest BCUT2D eigenvalue weighted by Gasteiger charge is 2.35. The van der Waals surface area contributed by atoms with Crippen molar-refractivity contribution in [2.24, 2.45) is 0 Å². The highest BCUT2D eigenvalue weighted by molar-refractivity contribution is 5.65. The van der Waals surface area contributed by atoms with Gasteiger partial charge in [0, 0.05) is 5.69 Å². The average Bonchev–Trinajstić information content (AvgIpc) is 3.12. The van der Waals surface area contributed by atoms with Gasteiger partial charge in [-0.05, 0) is 85.3 Å². The largest absolute Gasteiger partial charge is 0.397 e. The van der Waals surface area contributed by atoms with Crippen LogP contribution in [-0.2, 0) is 0 Å². The van der Waals surface area contributed by atoms with Crippen LogP contribution in [0.25, 0.3) is 0 Å². The van der Waals surface area contributed by atoms with Crippen molar-refractivity contribution < 1.29 is 4.39 Å². The van der Waals surface area contributed by atoms with E-state index in [9.17, 15) is 4.39 Å². The Balaban J connectivity index is 1.79. The van der Waals surface area contributed by atoms with Crippen LogP contribution in [0.1, 0.15) is 47.2 Å². The molecule has 2 atom stereocenters. The molecule has 3 nitrogen and oxygen atoms in total. The van der Waals surface area contributed by atoms with E-state index in [1.165, 1.54) is 28.8 Å². The molecule has 4 N–H and O–H groups in total. The van der Waals surface area contributed by atoms with Crippen molar-refractivity contribution in [3.8, 4) is 0 Å². The smallest absolute Gasteiger partial charge is 0.123 e. The number of halogens is 1. The van der Waals surface area contributed by atoms with Crippen LogP contribution in [-0.4, -0.2) is 0 Å². The number of aryl methyl sites for hydroxylation is 2. The van der Waals surface area contributed by atoms with Gasteiger partial charge in [-0.3, -0.25) is 0 Å². The summed E-state index contributed by atoms with van der Waals surface area (Å²) in [4.78, 5) is 2.40. The van der Waals surface area contributed by atoms with Gasteiger partial charge >= 0.3 is 0 Å². The first kappa shape index (κ1) is 18.4. The van der Waals surface area contributed by atoms with Crippen LogP contribution < -0.4 is 16.4 Å². The van der Waals surface area contributed by atoms with Crippen molar-refractivity contribution in [3.63, 3.8) is 0 Å². The molecule has 0 radical (unpaired) electrons. The van der Waals surface area contributed by atoms with E-state index in [0.29, 0.717) is 11.4 Å². The third-order valence-corrected chi connectivity index (χ3v) is 5.92. The van der Waals surface area contributed by atoms with E-state index in [1.807, 2.05) is 24.3 Å². The monoisotopic (exact) mass is 375 g/mol. The first-order valence-corrected chi connectivity index (χ1v) is 9.70. The predicted molar refractivity (Wildman–Crippen MR) is 115 cm³/mol. The zero-order valence-electron chi connectivity index (χ0n) is 16.3. The molecule has 1 fully saturated rings. The van der Waals surface area contributed by atoms with Crippen LogP contribution in [0.3, 0.4) is 0 Å². The number of anilines is 3. The van der Waals surface area contributed by atoms with Gasteiger partial charge in [-0.25, -0.2) is 4.39 Å². The van der Waals surface area contributed by atoms with Gasteiger partial charge in [0.1, 0.15) is 5.82 Å². The van der Waals surface area contributed by atoms with E-state index < -0.39 is 0 Å². The number of rotatable bonds is 3. The lowest BCUT2D eigenvalue weighted by atomic mass is 9.99. The fourth-order valence-electron chi connectivity index (χ4n) is 4.21. The number of nitrogens with zero attached hydrogens (tertiary/aromatic N) is 1. The highest BCUT2D eigenvalue weighted by Crippen LogP contribution is 2.47. The van der Waals surface area contributed by atoms with Gasteiger partial charge in [0.15, 0.2) is 0 Å². The van der Waals surface area contributed by atoms with Gasteiger partial charge in [-0.1, -0.05) is 24.3 Å². The Kier molecular flexibility index (Phi) is 4.71. The SMILES string of the molecule is Cc1ccc(C2CCC(c3ccc(N)c(N)c3)N2c2ccc(F)cc2)cc1C. The van der Waals surface area contributed by atoms with Gasteiger partial charge in [-0.15, -0.1) is 0 Å². The first-order valence-electron chi connectivity index (χ1n) is 9.70. The van der Waals surface area contributed by atoms with Gasteiger partial charge in [-0.2, -0.15) is 0 Å². The van der Waals surface area contributed by atoms with E-state index in [2.05, 4.69) is 43.0 Å². The molecular formula is C24H26FN3. The van der Waals surface area contributed by atoms with E-state index in [0.717, 1.165) is 24.1 Å². The second-order valence-electron chi connectivity index (χ2n) is 7.72. The molecule has 144 valence electrons. The van der Waals surface area contributed by atoms with Crippen molar-refractivity contribution in [1.29, 1.82) is 0 Å². The Morgan fingerprint density at radius 3 is 1.96 bits per heavy atom. The molecule has 0 amide bonds. The van der Waals surface area contributed by atoms with Crippen molar-refractivity contribution in [2.45, 2.75) is 38.8 Å². The number of benzene rings is 3. The number of nitrogens with two attached hydrogens (primary N) is 2. The predicted octanol–water partition coefficient (Wildman–Crippen LogP) is 5.69. The maximum atomic E-state index is 13.6. The number of hydrogen-bond donors (Lipinski definition) is 2. The molecule has 3 aromatic carbocycles. The summed E-state index contributed by atoms with van der Waals surface area (Å²) in [5, 5.41) is 0. The van der Waals surface area contributed by atoms with E-state index in [1.54, 1.807) is 0 Å². The fraction of sp³-hybridized carbons (Fsp3) is 0.250. The Hall–Kier alpha value is -3.01. The molecule has 0 saturated carbocycles. The Bertz CT molecular complexity index is 938. The minimum absolute atomic E-state index is 0.167. The van der Waals surface area contributed by atoms with Gasteiger partial charge in [0.05, 0.1) is 23.5 Å². The summed E-state index contributed by atoms with van der Waals surface area (Å²) in [6.07, 6.45) is 2.02. The molecule has 0 bridgehead atoms. The molecule has 1 aliphatic rings. The molecule has 0 spiro atoms. The molecule has 1 heterocycles. The average molecular weight is 375 g/mol. The van der Waals surface area contributed by atoms with Gasteiger partial charge in [0.2, 0.25) is 0 Å². The second kappa shape index (κ2) is 7.19. The molecule has 0 aliphatic carbocycles.